The quantitative estimate of drug-likeness (QED) is 0.493. The molecule has 0 aliphatic rings. The fourth-order valence-electron chi connectivity index (χ4n) is 1.24. The van der Waals surface area contributed by atoms with Crippen molar-refractivity contribution in [2.24, 2.45) is 0 Å². The molecule has 0 saturated heterocycles. The molecule has 2 rings (SSSR count). The second kappa shape index (κ2) is 3.82. The zero-order chi connectivity index (χ0) is 7.68. The van der Waals surface area contributed by atoms with E-state index in [9.17, 15) is 0 Å². The Morgan fingerprint density at radius 2 is 1.75 bits per heavy atom. The van der Waals surface area contributed by atoms with Crippen molar-refractivity contribution in [1.29, 1.82) is 0 Å². The Morgan fingerprint density at radius 3 is 2.50 bits per heavy atom. The van der Waals surface area contributed by atoms with Crippen molar-refractivity contribution in [3.8, 4) is 0 Å². The average Bonchev–Trinajstić information content (AvgIpc) is 2.04. The molecule has 0 amide bonds. The van der Waals surface area contributed by atoms with Crippen LogP contribution in [0.25, 0.3) is 10.8 Å². The van der Waals surface area contributed by atoms with Gasteiger partial charge in [0.25, 0.3) is 0 Å². The number of benzene rings is 2. The molecular formula is C11H9Rh-. The third-order valence-electron chi connectivity index (χ3n) is 1.82. The molecule has 0 aliphatic carbocycles. The molecule has 1 heteroatoms. The van der Waals surface area contributed by atoms with Crippen LogP contribution in [0.3, 0.4) is 0 Å². The Labute approximate surface area is 85.4 Å². The van der Waals surface area contributed by atoms with Gasteiger partial charge in [0, 0.05) is 19.5 Å². The van der Waals surface area contributed by atoms with Crippen LogP contribution >= 0.6 is 0 Å². The Morgan fingerprint density at radius 1 is 1.08 bits per heavy atom. The second-order valence-electron chi connectivity index (χ2n) is 2.74. The van der Waals surface area contributed by atoms with Crippen molar-refractivity contribution in [2.75, 3.05) is 0 Å². The Bertz CT molecular complexity index is 379. The predicted octanol–water partition coefficient (Wildman–Crippen LogP) is 2.95. The first-order chi connectivity index (χ1) is 5.36. The molecule has 0 aliphatic heterocycles. The third kappa shape index (κ3) is 1.73. The number of aryl methyl sites for hydroxylation is 1. The van der Waals surface area contributed by atoms with E-state index < -0.39 is 0 Å². The molecule has 63 valence electrons. The fraction of sp³-hybridized carbons (Fsp3) is 0.0909. The van der Waals surface area contributed by atoms with Crippen LogP contribution in [0.15, 0.2) is 36.4 Å². The summed E-state index contributed by atoms with van der Waals surface area (Å²) in [5.74, 6) is 0. The van der Waals surface area contributed by atoms with Gasteiger partial charge in [0.15, 0.2) is 0 Å². The summed E-state index contributed by atoms with van der Waals surface area (Å²) in [6.45, 7) is 2.06. The smallest absolute Gasteiger partial charge is 0 e. The average molecular weight is 244 g/mol. The van der Waals surface area contributed by atoms with Crippen molar-refractivity contribution < 1.29 is 19.5 Å². The normalized spacial score (nSPS) is 9.42. The van der Waals surface area contributed by atoms with Crippen LogP contribution in [-0.2, 0) is 19.5 Å². The minimum Gasteiger partial charge on any atom is -0.180 e. The van der Waals surface area contributed by atoms with Gasteiger partial charge in [-0.05, 0) is 0 Å². The minimum atomic E-state index is 0. The van der Waals surface area contributed by atoms with Crippen molar-refractivity contribution in [3.05, 3.63) is 48.0 Å². The third-order valence-corrected chi connectivity index (χ3v) is 1.82. The zero-order valence-corrected chi connectivity index (χ0v) is 8.44. The topological polar surface area (TPSA) is 0 Å². The van der Waals surface area contributed by atoms with Gasteiger partial charge in [-0.25, -0.2) is 0 Å². The molecule has 1 radical (unpaired) electrons. The first-order valence-corrected chi connectivity index (χ1v) is 3.73. The van der Waals surface area contributed by atoms with Gasteiger partial charge in [0.05, 0.1) is 0 Å². The summed E-state index contributed by atoms with van der Waals surface area (Å²) < 4.78 is 0. The molecule has 0 aromatic heterocycles. The molecule has 12 heavy (non-hydrogen) atoms. The summed E-state index contributed by atoms with van der Waals surface area (Å²) in [7, 11) is 0. The number of fused-ring (bicyclic) bond motifs is 1. The van der Waals surface area contributed by atoms with Crippen molar-refractivity contribution >= 4 is 10.8 Å². The number of rotatable bonds is 0. The summed E-state index contributed by atoms with van der Waals surface area (Å²) in [6, 6.07) is 15.7. The standard InChI is InChI=1S/C11H9.Rh/c1-9-6-7-10-4-2-3-5-11(10)8-9;/h2-5,7-8H,1H3;/q-1;. The van der Waals surface area contributed by atoms with Gasteiger partial charge in [-0.15, -0.1) is 16.8 Å². The Hall–Kier alpha value is -0.677. The fourth-order valence-corrected chi connectivity index (χ4v) is 1.24. The second-order valence-corrected chi connectivity index (χ2v) is 2.74. The van der Waals surface area contributed by atoms with E-state index in [1.807, 2.05) is 12.1 Å². The van der Waals surface area contributed by atoms with E-state index in [4.69, 9.17) is 0 Å². The van der Waals surface area contributed by atoms with E-state index in [-0.39, 0.29) is 19.5 Å². The monoisotopic (exact) mass is 244 g/mol. The van der Waals surface area contributed by atoms with Gasteiger partial charge in [0.1, 0.15) is 0 Å². The van der Waals surface area contributed by atoms with Gasteiger partial charge in [-0.3, -0.25) is 0 Å². The number of hydrogen-bond acceptors (Lipinski definition) is 0. The Kier molecular flexibility index (Phi) is 3.00. The molecule has 2 aromatic carbocycles. The molecular weight excluding hydrogens is 235 g/mol. The maximum Gasteiger partial charge on any atom is 0 e. The van der Waals surface area contributed by atoms with Crippen LogP contribution < -0.4 is 0 Å². The van der Waals surface area contributed by atoms with Gasteiger partial charge < -0.3 is 0 Å². The minimum absolute atomic E-state index is 0. The van der Waals surface area contributed by atoms with Gasteiger partial charge in [-0.1, -0.05) is 25.1 Å². The molecule has 0 spiro atoms. The molecule has 0 saturated carbocycles. The number of hydrogen-bond donors (Lipinski definition) is 0. The van der Waals surface area contributed by atoms with E-state index in [2.05, 4.69) is 37.3 Å². The molecule has 2 aromatic rings. The molecule has 0 atom stereocenters. The molecule has 0 unspecified atom stereocenters. The van der Waals surface area contributed by atoms with Crippen molar-refractivity contribution in [2.45, 2.75) is 6.92 Å². The summed E-state index contributed by atoms with van der Waals surface area (Å²) >= 11 is 0. The van der Waals surface area contributed by atoms with Crippen molar-refractivity contribution in [1.82, 2.24) is 0 Å². The van der Waals surface area contributed by atoms with E-state index in [1.165, 1.54) is 16.3 Å². The summed E-state index contributed by atoms with van der Waals surface area (Å²) in [5.41, 5.74) is 1.20. The van der Waals surface area contributed by atoms with E-state index in [0.29, 0.717) is 0 Å². The first-order valence-electron chi connectivity index (χ1n) is 3.73. The van der Waals surface area contributed by atoms with Crippen LogP contribution in [0.5, 0.6) is 0 Å². The maximum absolute atomic E-state index is 3.17. The van der Waals surface area contributed by atoms with E-state index >= 15 is 0 Å². The molecule has 0 heterocycles. The van der Waals surface area contributed by atoms with Crippen LogP contribution in [-0.4, -0.2) is 0 Å². The zero-order valence-electron chi connectivity index (χ0n) is 6.80. The van der Waals surface area contributed by atoms with Crippen LogP contribution in [0.2, 0.25) is 0 Å². The Balaban J connectivity index is 0.000000720. The largest absolute Gasteiger partial charge is 0.180 e. The predicted molar refractivity (Wildman–Crippen MR) is 47.5 cm³/mol. The van der Waals surface area contributed by atoms with Gasteiger partial charge >= 0.3 is 0 Å². The van der Waals surface area contributed by atoms with Gasteiger partial charge in [-0.2, -0.15) is 23.8 Å². The van der Waals surface area contributed by atoms with Crippen LogP contribution in [0.1, 0.15) is 5.56 Å². The van der Waals surface area contributed by atoms with E-state index in [0.717, 1.165) is 0 Å². The maximum atomic E-state index is 3.17. The molecule has 0 N–H and O–H groups in total. The van der Waals surface area contributed by atoms with Crippen molar-refractivity contribution in [3.63, 3.8) is 0 Å². The summed E-state index contributed by atoms with van der Waals surface area (Å²) in [5, 5.41) is 2.56. The van der Waals surface area contributed by atoms with Crippen LogP contribution in [0.4, 0.5) is 0 Å². The molecule has 0 nitrogen and oxygen atoms in total. The molecule has 0 bridgehead atoms. The first kappa shape index (κ1) is 9.41. The summed E-state index contributed by atoms with van der Waals surface area (Å²) in [4.78, 5) is 0. The van der Waals surface area contributed by atoms with E-state index in [1.54, 1.807) is 0 Å². The summed E-state index contributed by atoms with van der Waals surface area (Å²) in [6.07, 6.45) is 0. The van der Waals surface area contributed by atoms with Crippen LogP contribution in [0, 0.1) is 13.0 Å². The SMILES string of the molecule is Cc1[c-]cc2ccccc2c1.[Rh]. The molecule has 0 fully saturated rings. The van der Waals surface area contributed by atoms with Gasteiger partial charge in [0.2, 0.25) is 0 Å².